The third kappa shape index (κ3) is 8.61. The summed E-state index contributed by atoms with van der Waals surface area (Å²) in [4.78, 5) is 0.0875. The molecule has 0 radical (unpaired) electrons. The monoisotopic (exact) mass is 486 g/mol. The Balaban J connectivity index is 1.96. The third-order valence-corrected chi connectivity index (χ3v) is 7.11. The normalized spacial score (nSPS) is 13.2. The summed E-state index contributed by atoms with van der Waals surface area (Å²) in [5.41, 5.74) is 1.85. The Kier molecular flexibility index (Phi) is 10.3. The van der Waals surface area contributed by atoms with Crippen LogP contribution in [0.1, 0.15) is 24.5 Å². The van der Waals surface area contributed by atoms with Gasteiger partial charge in [-0.2, -0.15) is 16.8 Å². The topological polar surface area (TPSA) is 105 Å². The molecule has 2 aromatic rings. The molecule has 0 fully saturated rings. The summed E-state index contributed by atoms with van der Waals surface area (Å²) in [6.45, 7) is 6.12. The van der Waals surface area contributed by atoms with Gasteiger partial charge in [0.05, 0.1) is 42.3 Å². The summed E-state index contributed by atoms with van der Waals surface area (Å²) >= 11 is 0. The van der Waals surface area contributed by atoms with Crippen molar-refractivity contribution in [2.24, 2.45) is 0 Å². The summed E-state index contributed by atoms with van der Waals surface area (Å²) in [5, 5.41) is 0. The molecule has 0 saturated heterocycles. The second kappa shape index (κ2) is 12.4. The number of rotatable bonds is 14. The second-order valence-corrected chi connectivity index (χ2v) is 10.3. The van der Waals surface area contributed by atoms with Crippen LogP contribution in [0.15, 0.2) is 58.3 Å². The third-order valence-electron chi connectivity index (χ3n) is 4.49. The lowest BCUT2D eigenvalue weighted by molar-refractivity contribution is -0.0194. The Morgan fingerprint density at radius 2 is 1.22 bits per heavy atom. The summed E-state index contributed by atoms with van der Waals surface area (Å²) in [6.07, 6.45) is -0.593. The van der Waals surface area contributed by atoms with Gasteiger partial charge in [-0.3, -0.25) is 8.37 Å². The lowest BCUT2D eigenvalue weighted by Gasteiger charge is -2.18. The molecule has 0 aliphatic carbocycles. The van der Waals surface area contributed by atoms with E-state index in [4.69, 9.17) is 17.8 Å². The van der Waals surface area contributed by atoms with Crippen LogP contribution in [0, 0.1) is 13.8 Å². The largest absolute Gasteiger partial charge is 0.379 e. The Labute approximate surface area is 190 Å². The SMILES string of the molecule is CCOCCO[C@@H](CCOS(=O)(=O)c1ccc(C)cc1)COS(=O)(=O)c1ccc(C)cc1. The first-order valence-electron chi connectivity index (χ1n) is 10.3. The van der Waals surface area contributed by atoms with E-state index < -0.39 is 26.3 Å². The van der Waals surface area contributed by atoms with Crippen molar-refractivity contribution in [1.29, 1.82) is 0 Å². The van der Waals surface area contributed by atoms with Crippen molar-refractivity contribution in [3.05, 3.63) is 59.7 Å². The van der Waals surface area contributed by atoms with Crippen molar-refractivity contribution in [3.63, 3.8) is 0 Å². The lowest BCUT2D eigenvalue weighted by Crippen LogP contribution is -2.26. The summed E-state index contributed by atoms with van der Waals surface area (Å²) in [6, 6.07) is 12.6. The van der Waals surface area contributed by atoms with E-state index in [1.807, 2.05) is 20.8 Å². The Morgan fingerprint density at radius 1 is 0.719 bits per heavy atom. The van der Waals surface area contributed by atoms with Crippen LogP contribution in [-0.2, 0) is 38.1 Å². The molecule has 0 aromatic heterocycles. The molecular formula is C22H30O8S2. The van der Waals surface area contributed by atoms with Crippen LogP contribution in [0.2, 0.25) is 0 Å². The zero-order chi connectivity index (χ0) is 23.6. The molecule has 10 heteroatoms. The number of benzene rings is 2. The molecule has 0 amide bonds. The summed E-state index contributed by atoms with van der Waals surface area (Å²) in [5.74, 6) is 0. The predicted molar refractivity (Wildman–Crippen MR) is 119 cm³/mol. The maximum absolute atomic E-state index is 12.4. The molecule has 0 spiro atoms. The first-order valence-corrected chi connectivity index (χ1v) is 13.1. The molecule has 0 aliphatic rings. The van der Waals surface area contributed by atoms with Crippen molar-refractivity contribution in [2.45, 2.75) is 43.1 Å². The van der Waals surface area contributed by atoms with E-state index in [9.17, 15) is 16.8 Å². The highest BCUT2D eigenvalue weighted by Gasteiger charge is 2.21. The van der Waals surface area contributed by atoms with Gasteiger partial charge in [0.15, 0.2) is 0 Å². The van der Waals surface area contributed by atoms with E-state index in [0.717, 1.165) is 11.1 Å². The zero-order valence-corrected chi connectivity index (χ0v) is 20.2. The first-order chi connectivity index (χ1) is 15.1. The van der Waals surface area contributed by atoms with E-state index in [-0.39, 0.29) is 36.0 Å². The van der Waals surface area contributed by atoms with Crippen LogP contribution >= 0.6 is 0 Å². The molecule has 0 N–H and O–H groups in total. The maximum atomic E-state index is 12.4. The number of hydrogen-bond acceptors (Lipinski definition) is 8. The van der Waals surface area contributed by atoms with Gasteiger partial charge in [0.25, 0.3) is 20.2 Å². The molecule has 0 unspecified atom stereocenters. The van der Waals surface area contributed by atoms with Crippen molar-refractivity contribution in [2.75, 3.05) is 33.0 Å². The van der Waals surface area contributed by atoms with Crippen LogP contribution in [-0.4, -0.2) is 56.0 Å². The molecule has 0 aliphatic heterocycles. The fraction of sp³-hybridized carbons (Fsp3) is 0.455. The second-order valence-electron chi connectivity index (χ2n) is 7.12. The number of aryl methyl sites for hydroxylation is 2. The van der Waals surface area contributed by atoms with E-state index >= 15 is 0 Å². The quantitative estimate of drug-likeness (QED) is 0.296. The minimum atomic E-state index is -3.98. The molecule has 0 heterocycles. The average Bonchev–Trinajstić information content (AvgIpc) is 2.75. The zero-order valence-electron chi connectivity index (χ0n) is 18.5. The van der Waals surface area contributed by atoms with Gasteiger partial charge in [-0.05, 0) is 45.0 Å². The van der Waals surface area contributed by atoms with Gasteiger partial charge in [-0.15, -0.1) is 0 Å². The van der Waals surface area contributed by atoms with Crippen LogP contribution < -0.4 is 0 Å². The number of ether oxygens (including phenoxy) is 2. The highest BCUT2D eigenvalue weighted by molar-refractivity contribution is 7.87. The number of hydrogen-bond donors (Lipinski definition) is 0. The van der Waals surface area contributed by atoms with Crippen molar-refractivity contribution in [3.8, 4) is 0 Å². The Morgan fingerprint density at radius 3 is 1.72 bits per heavy atom. The summed E-state index contributed by atoms with van der Waals surface area (Å²) in [7, 11) is -7.91. The first kappa shape index (κ1) is 26.4. The Hall–Kier alpha value is -1.82. The molecule has 2 rings (SSSR count). The van der Waals surface area contributed by atoms with E-state index in [1.165, 1.54) is 24.3 Å². The van der Waals surface area contributed by atoms with Gasteiger partial charge in [0.2, 0.25) is 0 Å². The van der Waals surface area contributed by atoms with Crippen LogP contribution in [0.4, 0.5) is 0 Å². The van der Waals surface area contributed by atoms with Gasteiger partial charge in [0, 0.05) is 13.0 Å². The molecule has 2 aromatic carbocycles. The minimum absolute atomic E-state index is 0.0364. The smallest absolute Gasteiger partial charge is 0.297 e. The predicted octanol–water partition coefficient (Wildman–Crippen LogP) is 3.23. The molecule has 178 valence electrons. The average molecular weight is 487 g/mol. The molecular weight excluding hydrogens is 456 g/mol. The highest BCUT2D eigenvalue weighted by atomic mass is 32.2. The van der Waals surface area contributed by atoms with Crippen LogP contribution in [0.5, 0.6) is 0 Å². The minimum Gasteiger partial charge on any atom is -0.379 e. The standard InChI is InChI=1S/C22H30O8S2/c1-4-27-15-16-28-20(17-30-32(25,26)22-11-7-19(3)8-12-22)13-14-29-31(23,24)21-9-5-18(2)6-10-21/h5-12,20H,4,13-17H2,1-3H3/t20-/m0/s1. The van der Waals surface area contributed by atoms with E-state index in [1.54, 1.807) is 24.3 Å². The Bertz CT molecular complexity index is 1030. The van der Waals surface area contributed by atoms with Gasteiger partial charge in [-0.25, -0.2) is 0 Å². The fourth-order valence-corrected chi connectivity index (χ4v) is 4.49. The van der Waals surface area contributed by atoms with Crippen molar-refractivity contribution < 1.29 is 34.7 Å². The fourth-order valence-electron chi connectivity index (χ4n) is 2.63. The van der Waals surface area contributed by atoms with Gasteiger partial charge in [-0.1, -0.05) is 35.4 Å². The maximum Gasteiger partial charge on any atom is 0.297 e. The molecule has 0 saturated carbocycles. The van der Waals surface area contributed by atoms with Gasteiger partial charge in [0.1, 0.15) is 0 Å². The van der Waals surface area contributed by atoms with Gasteiger partial charge >= 0.3 is 0 Å². The molecule has 32 heavy (non-hydrogen) atoms. The molecule has 0 bridgehead atoms. The molecule has 1 atom stereocenters. The van der Waals surface area contributed by atoms with Crippen LogP contribution in [0.3, 0.4) is 0 Å². The van der Waals surface area contributed by atoms with Crippen molar-refractivity contribution >= 4 is 20.2 Å². The van der Waals surface area contributed by atoms with Crippen molar-refractivity contribution in [1.82, 2.24) is 0 Å². The highest BCUT2D eigenvalue weighted by Crippen LogP contribution is 2.16. The summed E-state index contributed by atoms with van der Waals surface area (Å²) < 4.78 is 70.7. The molecule has 8 nitrogen and oxygen atoms in total. The van der Waals surface area contributed by atoms with Crippen LogP contribution in [0.25, 0.3) is 0 Å². The van der Waals surface area contributed by atoms with Gasteiger partial charge < -0.3 is 9.47 Å². The lowest BCUT2D eigenvalue weighted by atomic mass is 10.2. The van der Waals surface area contributed by atoms with E-state index in [2.05, 4.69) is 0 Å². The van der Waals surface area contributed by atoms with E-state index in [0.29, 0.717) is 13.2 Å².